The van der Waals surface area contributed by atoms with Crippen LogP contribution in [0.25, 0.3) is 0 Å². The van der Waals surface area contributed by atoms with Crippen molar-refractivity contribution in [3.05, 3.63) is 24.0 Å². The summed E-state index contributed by atoms with van der Waals surface area (Å²) in [7, 11) is 0. The Morgan fingerprint density at radius 3 is 2.88 bits per heavy atom. The van der Waals surface area contributed by atoms with Crippen LogP contribution in [0.4, 0.5) is 0 Å². The molecule has 0 spiro atoms. The van der Waals surface area contributed by atoms with Gasteiger partial charge < -0.3 is 10.4 Å². The average Bonchev–Trinajstić information content (AvgIpc) is 1.64. The van der Waals surface area contributed by atoms with Gasteiger partial charge >= 0.3 is 0 Å². The second-order valence-electron chi connectivity index (χ2n) is 1.84. The molecule has 8 heavy (non-hydrogen) atoms. The van der Waals surface area contributed by atoms with Crippen molar-refractivity contribution < 1.29 is 5.11 Å². The Balaban J connectivity index is 2.60. The molecule has 2 N–H and O–H groups in total. The Bertz CT molecular complexity index is 137. The van der Waals surface area contributed by atoms with E-state index in [0.29, 0.717) is 0 Å². The van der Waals surface area contributed by atoms with Crippen molar-refractivity contribution in [1.29, 1.82) is 0 Å². The Morgan fingerprint density at radius 1 is 1.75 bits per heavy atom. The van der Waals surface area contributed by atoms with E-state index in [2.05, 4.69) is 5.32 Å². The van der Waals surface area contributed by atoms with Crippen LogP contribution in [0.1, 0.15) is 6.92 Å². The largest absolute Gasteiger partial charge is 0.385 e. The SMILES string of the molecule is CC1=CC(O)C=CN1. The zero-order valence-electron chi connectivity index (χ0n) is 4.76. The summed E-state index contributed by atoms with van der Waals surface area (Å²) < 4.78 is 0. The molecule has 0 bridgehead atoms. The molecule has 0 aliphatic carbocycles. The Hall–Kier alpha value is -0.760. The average molecular weight is 111 g/mol. The van der Waals surface area contributed by atoms with Gasteiger partial charge in [0.15, 0.2) is 0 Å². The molecule has 2 nitrogen and oxygen atoms in total. The van der Waals surface area contributed by atoms with Gasteiger partial charge in [0.2, 0.25) is 0 Å². The highest BCUT2D eigenvalue weighted by molar-refractivity contribution is 5.13. The van der Waals surface area contributed by atoms with E-state index in [9.17, 15) is 0 Å². The molecule has 0 saturated carbocycles. The second-order valence-corrected chi connectivity index (χ2v) is 1.84. The maximum Gasteiger partial charge on any atom is 0.0939 e. The summed E-state index contributed by atoms with van der Waals surface area (Å²) >= 11 is 0. The number of dihydropyridines is 1. The lowest BCUT2D eigenvalue weighted by Gasteiger charge is -2.08. The maximum absolute atomic E-state index is 8.88. The molecule has 1 atom stereocenters. The van der Waals surface area contributed by atoms with Crippen LogP contribution in [-0.4, -0.2) is 11.2 Å². The van der Waals surface area contributed by atoms with Gasteiger partial charge in [-0.1, -0.05) is 0 Å². The molecule has 0 aromatic rings. The Morgan fingerprint density at radius 2 is 2.50 bits per heavy atom. The minimum Gasteiger partial charge on any atom is -0.385 e. The van der Waals surface area contributed by atoms with Crippen LogP contribution < -0.4 is 5.32 Å². The molecule has 0 amide bonds. The van der Waals surface area contributed by atoms with Gasteiger partial charge in [0, 0.05) is 5.70 Å². The van der Waals surface area contributed by atoms with Crippen molar-refractivity contribution >= 4 is 0 Å². The highest BCUT2D eigenvalue weighted by Gasteiger charge is 1.97. The first-order valence-corrected chi connectivity index (χ1v) is 2.59. The lowest BCUT2D eigenvalue weighted by atomic mass is 10.2. The number of hydrogen-bond acceptors (Lipinski definition) is 2. The predicted octanol–water partition coefficient (Wildman–Crippen LogP) is 0.368. The van der Waals surface area contributed by atoms with Crippen molar-refractivity contribution in [3.8, 4) is 0 Å². The molecular weight excluding hydrogens is 102 g/mol. The fourth-order valence-electron chi connectivity index (χ4n) is 0.638. The summed E-state index contributed by atoms with van der Waals surface area (Å²) in [6, 6.07) is 0. The third-order valence-corrected chi connectivity index (χ3v) is 1.03. The number of nitrogens with one attached hydrogen (secondary N) is 1. The lowest BCUT2D eigenvalue weighted by Crippen LogP contribution is -2.12. The van der Waals surface area contributed by atoms with E-state index >= 15 is 0 Å². The smallest absolute Gasteiger partial charge is 0.0939 e. The molecular formula is C6H9NO. The summed E-state index contributed by atoms with van der Waals surface area (Å²) in [6.45, 7) is 1.91. The lowest BCUT2D eigenvalue weighted by molar-refractivity contribution is 0.267. The molecule has 1 rings (SSSR count). The van der Waals surface area contributed by atoms with Gasteiger partial charge in [0.05, 0.1) is 6.10 Å². The van der Waals surface area contributed by atoms with Crippen LogP contribution in [0.5, 0.6) is 0 Å². The molecule has 0 aromatic heterocycles. The summed E-state index contributed by atoms with van der Waals surface area (Å²) in [4.78, 5) is 0. The van der Waals surface area contributed by atoms with E-state index in [1.54, 1.807) is 18.4 Å². The van der Waals surface area contributed by atoms with Crippen molar-refractivity contribution in [2.24, 2.45) is 0 Å². The van der Waals surface area contributed by atoms with Crippen LogP contribution in [0.15, 0.2) is 24.0 Å². The molecule has 1 aliphatic rings. The van der Waals surface area contributed by atoms with Crippen LogP contribution in [-0.2, 0) is 0 Å². The highest BCUT2D eigenvalue weighted by atomic mass is 16.3. The highest BCUT2D eigenvalue weighted by Crippen LogP contribution is 1.98. The molecule has 44 valence electrons. The number of rotatable bonds is 0. The van der Waals surface area contributed by atoms with Crippen molar-refractivity contribution in [2.45, 2.75) is 13.0 Å². The van der Waals surface area contributed by atoms with Gasteiger partial charge in [-0.3, -0.25) is 0 Å². The molecule has 2 heteroatoms. The van der Waals surface area contributed by atoms with E-state index in [1.807, 2.05) is 6.92 Å². The van der Waals surface area contributed by atoms with E-state index in [4.69, 9.17) is 5.11 Å². The molecule has 0 radical (unpaired) electrons. The summed E-state index contributed by atoms with van der Waals surface area (Å²) in [5.41, 5.74) is 1.00. The fourth-order valence-corrected chi connectivity index (χ4v) is 0.638. The molecule has 1 heterocycles. The van der Waals surface area contributed by atoms with E-state index in [0.717, 1.165) is 5.70 Å². The van der Waals surface area contributed by atoms with E-state index < -0.39 is 6.10 Å². The molecule has 0 saturated heterocycles. The first-order valence-electron chi connectivity index (χ1n) is 2.59. The first kappa shape index (κ1) is 5.38. The summed E-state index contributed by atoms with van der Waals surface area (Å²) in [6.07, 6.45) is 4.78. The quantitative estimate of drug-likeness (QED) is 0.473. The van der Waals surface area contributed by atoms with Crippen LogP contribution in [0, 0.1) is 0 Å². The Kier molecular flexibility index (Phi) is 1.35. The van der Waals surface area contributed by atoms with Gasteiger partial charge in [-0.15, -0.1) is 0 Å². The second kappa shape index (κ2) is 2.01. The van der Waals surface area contributed by atoms with Gasteiger partial charge in [-0.05, 0) is 25.3 Å². The number of hydrogen-bond donors (Lipinski definition) is 2. The number of allylic oxidation sites excluding steroid dienone is 1. The summed E-state index contributed by atoms with van der Waals surface area (Å²) in [5, 5.41) is 11.8. The molecule has 0 fully saturated rings. The zero-order valence-corrected chi connectivity index (χ0v) is 4.76. The van der Waals surface area contributed by atoms with Crippen LogP contribution >= 0.6 is 0 Å². The van der Waals surface area contributed by atoms with Crippen LogP contribution in [0.3, 0.4) is 0 Å². The van der Waals surface area contributed by atoms with E-state index in [1.165, 1.54) is 0 Å². The molecule has 0 aromatic carbocycles. The van der Waals surface area contributed by atoms with Crippen molar-refractivity contribution in [2.75, 3.05) is 0 Å². The van der Waals surface area contributed by atoms with Gasteiger partial charge in [0.25, 0.3) is 0 Å². The van der Waals surface area contributed by atoms with E-state index in [-0.39, 0.29) is 0 Å². The summed E-state index contributed by atoms with van der Waals surface area (Å²) in [5.74, 6) is 0. The van der Waals surface area contributed by atoms with Gasteiger partial charge in [-0.2, -0.15) is 0 Å². The Labute approximate surface area is 48.5 Å². The monoisotopic (exact) mass is 111 g/mol. The van der Waals surface area contributed by atoms with Crippen LogP contribution in [0.2, 0.25) is 0 Å². The topological polar surface area (TPSA) is 32.3 Å². The number of aliphatic hydroxyl groups excluding tert-OH is 1. The van der Waals surface area contributed by atoms with Gasteiger partial charge in [-0.25, -0.2) is 0 Å². The van der Waals surface area contributed by atoms with Gasteiger partial charge in [0.1, 0.15) is 0 Å². The zero-order chi connectivity index (χ0) is 5.98. The molecule has 1 unspecified atom stereocenters. The third kappa shape index (κ3) is 1.10. The number of aliphatic hydroxyl groups is 1. The van der Waals surface area contributed by atoms with Crippen molar-refractivity contribution in [3.63, 3.8) is 0 Å². The predicted molar refractivity (Wildman–Crippen MR) is 32.0 cm³/mol. The first-order chi connectivity index (χ1) is 3.79. The minimum absolute atomic E-state index is 0.392. The normalized spacial score (nSPS) is 26.8. The standard InChI is InChI=1S/C6H9NO/c1-5-4-6(8)2-3-7-5/h2-4,6-8H,1H3. The minimum atomic E-state index is -0.392. The van der Waals surface area contributed by atoms with Crippen molar-refractivity contribution in [1.82, 2.24) is 5.32 Å². The molecule has 1 aliphatic heterocycles. The fraction of sp³-hybridized carbons (Fsp3) is 0.333. The third-order valence-electron chi connectivity index (χ3n) is 1.03. The maximum atomic E-state index is 8.88.